The molecule has 2 aromatic rings. The van der Waals surface area contributed by atoms with Crippen molar-refractivity contribution in [3.8, 4) is 0 Å². The number of hydrogen-bond acceptors (Lipinski definition) is 1. The van der Waals surface area contributed by atoms with E-state index in [-0.39, 0.29) is 5.41 Å². The van der Waals surface area contributed by atoms with E-state index in [1.165, 1.54) is 41.5 Å². The van der Waals surface area contributed by atoms with Gasteiger partial charge in [0.1, 0.15) is 0 Å². The topological polar surface area (TPSA) is 26.0 Å². The van der Waals surface area contributed by atoms with Crippen LogP contribution in [0.5, 0.6) is 0 Å². The second-order valence-corrected chi connectivity index (χ2v) is 6.16. The summed E-state index contributed by atoms with van der Waals surface area (Å²) in [5.74, 6) is 0. The largest absolute Gasteiger partial charge is 0.330 e. The second kappa shape index (κ2) is 5.41. The molecular formula is C19H23N. The Morgan fingerprint density at radius 3 is 2.75 bits per heavy atom. The lowest BCUT2D eigenvalue weighted by atomic mass is 9.67. The van der Waals surface area contributed by atoms with Gasteiger partial charge in [0.05, 0.1) is 0 Å². The highest BCUT2D eigenvalue weighted by Crippen LogP contribution is 2.39. The molecule has 0 heterocycles. The van der Waals surface area contributed by atoms with Crippen molar-refractivity contribution in [2.75, 3.05) is 6.54 Å². The zero-order chi connectivity index (χ0) is 14.0. The van der Waals surface area contributed by atoms with Gasteiger partial charge in [-0.05, 0) is 49.3 Å². The molecule has 3 rings (SSSR count). The first-order valence-electron chi connectivity index (χ1n) is 7.57. The molecule has 1 atom stereocenters. The Balaban J connectivity index is 2.00. The highest BCUT2D eigenvalue weighted by Gasteiger charge is 2.35. The number of aryl methyl sites for hydroxylation is 2. The van der Waals surface area contributed by atoms with E-state index in [2.05, 4.69) is 55.5 Å². The Bertz CT molecular complexity index is 602. The molecule has 0 bridgehead atoms. The van der Waals surface area contributed by atoms with E-state index >= 15 is 0 Å². The zero-order valence-corrected chi connectivity index (χ0v) is 12.2. The van der Waals surface area contributed by atoms with Crippen molar-refractivity contribution >= 4 is 0 Å². The molecule has 1 aliphatic carbocycles. The molecule has 0 aliphatic heterocycles. The normalized spacial score (nSPS) is 21.5. The minimum Gasteiger partial charge on any atom is -0.330 e. The van der Waals surface area contributed by atoms with Crippen molar-refractivity contribution in [1.29, 1.82) is 0 Å². The molecule has 2 aromatic carbocycles. The van der Waals surface area contributed by atoms with Gasteiger partial charge in [0, 0.05) is 12.0 Å². The molecule has 104 valence electrons. The average Bonchev–Trinajstić information content (AvgIpc) is 2.47. The molecule has 1 heteroatoms. The first kappa shape index (κ1) is 13.4. The van der Waals surface area contributed by atoms with Crippen LogP contribution < -0.4 is 5.73 Å². The van der Waals surface area contributed by atoms with Gasteiger partial charge in [-0.1, -0.05) is 54.1 Å². The van der Waals surface area contributed by atoms with Crippen molar-refractivity contribution in [3.05, 3.63) is 70.8 Å². The van der Waals surface area contributed by atoms with E-state index in [9.17, 15) is 0 Å². The third kappa shape index (κ3) is 2.38. The molecule has 1 aliphatic rings. The lowest BCUT2D eigenvalue weighted by molar-refractivity contribution is 0.365. The van der Waals surface area contributed by atoms with Crippen LogP contribution in [0.15, 0.2) is 48.5 Å². The van der Waals surface area contributed by atoms with Crippen LogP contribution in [0.4, 0.5) is 0 Å². The molecule has 0 fully saturated rings. The summed E-state index contributed by atoms with van der Waals surface area (Å²) < 4.78 is 0. The van der Waals surface area contributed by atoms with E-state index in [0.717, 1.165) is 13.0 Å². The molecular weight excluding hydrogens is 242 g/mol. The van der Waals surface area contributed by atoms with Crippen LogP contribution in [-0.4, -0.2) is 6.54 Å². The molecule has 0 aromatic heterocycles. The number of hydrogen-bond donors (Lipinski definition) is 1. The SMILES string of the molecule is Cc1cccc(CC2(CN)CCCc3ccccc32)c1. The first-order chi connectivity index (χ1) is 9.73. The summed E-state index contributed by atoms with van der Waals surface area (Å²) in [5, 5.41) is 0. The predicted molar refractivity (Wildman–Crippen MR) is 85.0 cm³/mol. The Morgan fingerprint density at radius 1 is 1.10 bits per heavy atom. The van der Waals surface area contributed by atoms with Crippen LogP contribution in [0, 0.1) is 6.92 Å². The standard InChI is InChI=1S/C19H23N/c1-15-6-4-7-16(12-15)13-19(14-20)11-5-9-17-8-2-3-10-18(17)19/h2-4,6-8,10,12H,5,9,11,13-14,20H2,1H3. The van der Waals surface area contributed by atoms with Gasteiger partial charge in [0.25, 0.3) is 0 Å². The fourth-order valence-corrected chi connectivity index (χ4v) is 3.69. The second-order valence-electron chi connectivity index (χ2n) is 6.16. The quantitative estimate of drug-likeness (QED) is 0.898. The van der Waals surface area contributed by atoms with Gasteiger partial charge in [-0.15, -0.1) is 0 Å². The van der Waals surface area contributed by atoms with Crippen molar-refractivity contribution in [3.63, 3.8) is 0 Å². The highest BCUT2D eigenvalue weighted by molar-refractivity contribution is 5.39. The third-order valence-electron chi connectivity index (χ3n) is 4.71. The molecule has 0 saturated carbocycles. The molecule has 0 saturated heterocycles. The van der Waals surface area contributed by atoms with Crippen LogP contribution in [0.3, 0.4) is 0 Å². The molecule has 0 amide bonds. The molecule has 20 heavy (non-hydrogen) atoms. The number of rotatable bonds is 3. The maximum atomic E-state index is 6.24. The Hall–Kier alpha value is -1.60. The molecule has 1 nitrogen and oxygen atoms in total. The van der Waals surface area contributed by atoms with Crippen LogP contribution in [0.1, 0.15) is 35.1 Å². The van der Waals surface area contributed by atoms with Crippen LogP contribution in [-0.2, 0) is 18.3 Å². The van der Waals surface area contributed by atoms with Crippen molar-refractivity contribution < 1.29 is 0 Å². The first-order valence-corrected chi connectivity index (χ1v) is 7.57. The molecule has 2 N–H and O–H groups in total. The Labute approximate surface area is 121 Å². The van der Waals surface area contributed by atoms with Gasteiger partial charge in [-0.2, -0.15) is 0 Å². The maximum Gasteiger partial charge on any atom is 0.0119 e. The lowest BCUT2D eigenvalue weighted by Crippen LogP contribution is -2.40. The van der Waals surface area contributed by atoms with Gasteiger partial charge in [0.2, 0.25) is 0 Å². The number of benzene rings is 2. The summed E-state index contributed by atoms with van der Waals surface area (Å²) >= 11 is 0. The zero-order valence-electron chi connectivity index (χ0n) is 12.2. The molecule has 0 radical (unpaired) electrons. The van der Waals surface area contributed by atoms with Gasteiger partial charge < -0.3 is 5.73 Å². The smallest absolute Gasteiger partial charge is 0.0119 e. The lowest BCUT2D eigenvalue weighted by Gasteiger charge is -2.38. The van der Waals surface area contributed by atoms with E-state index in [0.29, 0.717) is 0 Å². The number of nitrogens with two attached hydrogens (primary N) is 1. The Morgan fingerprint density at radius 2 is 1.95 bits per heavy atom. The summed E-state index contributed by atoms with van der Waals surface area (Å²) in [6.45, 7) is 2.89. The fourth-order valence-electron chi connectivity index (χ4n) is 3.69. The van der Waals surface area contributed by atoms with E-state index < -0.39 is 0 Å². The number of fused-ring (bicyclic) bond motifs is 1. The van der Waals surface area contributed by atoms with Gasteiger partial charge >= 0.3 is 0 Å². The van der Waals surface area contributed by atoms with E-state index in [1.54, 1.807) is 0 Å². The van der Waals surface area contributed by atoms with Crippen LogP contribution in [0.25, 0.3) is 0 Å². The van der Waals surface area contributed by atoms with Crippen molar-refractivity contribution in [2.24, 2.45) is 5.73 Å². The van der Waals surface area contributed by atoms with Gasteiger partial charge in [0.15, 0.2) is 0 Å². The highest BCUT2D eigenvalue weighted by atomic mass is 14.6. The van der Waals surface area contributed by atoms with Gasteiger partial charge in [-0.3, -0.25) is 0 Å². The molecule has 1 unspecified atom stereocenters. The summed E-state index contributed by atoms with van der Waals surface area (Å²) in [6.07, 6.45) is 4.71. The predicted octanol–water partition coefficient (Wildman–Crippen LogP) is 3.77. The van der Waals surface area contributed by atoms with Gasteiger partial charge in [-0.25, -0.2) is 0 Å². The third-order valence-corrected chi connectivity index (χ3v) is 4.71. The minimum atomic E-state index is 0.128. The molecule has 0 spiro atoms. The van der Waals surface area contributed by atoms with Crippen LogP contribution >= 0.6 is 0 Å². The summed E-state index contributed by atoms with van der Waals surface area (Å²) in [6, 6.07) is 17.7. The summed E-state index contributed by atoms with van der Waals surface area (Å²) in [5.41, 5.74) is 12.1. The summed E-state index contributed by atoms with van der Waals surface area (Å²) in [4.78, 5) is 0. The average molecular weight is 265 g/mol. The summed E-state index contributed by atoms with van der Waals surface area (Å²) in [7, 11) is 0. The van der Waals surface area contributed by atoms with Crippen molar-refractivity contribution in [1.82, 2.24) is 0 Å². The fraction of sp³-hybridized carbons (Fsp3) is 0.368. The van der Waals surface area contributed by atoms with Crippen molar-refractivity contribution in [2.45, 2.75) is 38.0 Å². The monoisotopic (exact) mass is 265 g/mol. The van der Waals surface area contributed by atoms with E-state index in [4.69, 9.17) is 5.73 Å². The van der Waals surface area contributed by atoms with Crippen LogP contribution in [0.2, 0.25) is 0 Å². The van der Waals surface area contributed by atoms with E-state index in [1.807, 2.05) is 0 Å². The Kier molecular flexibility index (Phi) is 3.62. The minimum absolute atomic E-state index is 0.128. The maximum absolute atomic E-state index is 6.24.